The normalized spacial score (nSPS) is 12.2. The Morgan fingerprint density at radius 2 is 2.00 bits per heavy atom. The van der Waals surface area contributed by atoms with Crippen molar-refractivity contribution in [3.05, 3.63) is 28.5 Å². The monoisotopic (exact) mass is 290 g/mol. The van der Waals surface area contributed by atoms with Crippen LogP contribution in [-0.4, -0.2) is 9.55 Å². The van der Waals surface area contributed by atoms with E-state index in [1.54, 1.807) is 0 Å². The summed E-state index contributed by atoms with van der Waals surface area (Å²) in [6.07, 6.45) is 5.16. The van der Waals surface area contributed by atoms with Gasteiger partial charge in [-0.1, -0.05) is 46.1 Å². The minimum absolute atomic E-state index is 0.285. The molecule has 0 saturated heterocycles. The topological polar surface area (TPSA) is 20.7 Å². The smallest absolute Gasteiger partial charge is 0.178 e. The zero-order chi connectivity index (χ0) is 14.8. The molecule has 0 spiro atoms. The molecule has 0 fully saturated rings. The maximum absolute atomic E-state index is 5.51. The van der Waals surface area contributed by atoms with Crippen molar-refractivity contribution < 1.29 is 0 Å². The maximum atomic E-state index is 5.51. The van der Waals surface area contributed by atoms with E-state index in [1.165, 1.54) is 36.8 Å². The Morgan fingerprint density at radius 1 is 1.25 bits per heavy atom. The summed E-state index contributed by atoms with van der Waals surface area (Å²) in [5.41, 5.74) is 3.93. The van der Waals surface area contributed by atoms with Gasteiger partial charge in [0.1, 0.15) is 0 Å². The third-order valence-electron chi connectivity index (χ3n) is 3.97. The fraction of sp³-hybridized carbons (Fsp3) is 0.588. The van der Waals surface area contributed by atoms with Crippen LogP contribution in [0.15, 0.2) is 18.2 Å². The number of nitrogens with zero attached hydrogens (tertiary/aromatic N) is 1. The van der Waals surface area contributed by atoms with Crippen LogP contribution in [-0.2, 0) is 6.54 Å². The molecule has 2 nitrogen and oxygen atoms in total. The molecule has 0 unspecified atom stereocenters. The van der Waals surface area contributed by atoms with Crippen LogP contribution in [0.5, 0.6) is 0 Å². The van der Waals surface area contributed by atoms with Crippen molar-refractivity contribution >= 4 is 23.3 Å². The molecule has 1 heterocycles. The molecule has 3 heteroatoms. The number of hydrogen-bond acceptors (Lipinski definition) is 1. The van der Waals surface area contributed by atoms with Crippen LogP contribution in [0.3, 0.4) is 0 Å². The van der Waals surface area contributed by atoms with Crippen LogP contribution >= 0.6 is 12.2 Å². The molecule has 2 aromatic rings. The van der Waals surface area contributed by atoms with Gasteiger partial charge in [0.2, 0.25) is 0 Å². The maximum Gasteiger partial charge on any atom is 0.178 e. The summed E-state index contributed by atoms with van der Waals surface area (Å²) in [6, 6.07) is 6.51. The highest BCUT2D eigenvalue weighted by atomic mass is 32.1. The van der Waals surface area contributed by atoms with E-state index in [0.29, 0.717) is 0 Å². The minimum atomic E-state index is 0.285. The Kier molecular flexibility index (Phi) is 4.69. The fourth-order valence-electron chi connectivity index (χ4n) is 2.80. The largest absolute Gasteiger partial charge is 0.331 e. The molecule has 1 aromatic carbocycles. The van der Waals surface area contributed by atoms with Gasteiger partial charge in [0.05, 0.1) is 11.0 Å². The number of imidazole rings is 1. The van der Waals surface area contributed by atoms with Gasteiger partial charge >= 0.3 is 0 Å². The number of fused-ring (bicyclic) bond motifs is 1. The first-order valence-electron chi connectivity index (χ1n) is 7.62. The van der Waals surface area contributed by atoms with Crippen molar-refractivity contribution in [3.63, 3.8) is 0 Å². The zero-order valence-electron chi connectivity index (χ0n) is 13.1. The van der Waals surface area contributed by atoms with Crippen LogP contribution in [0.2, 0.25) is 0 Å². The molecule has 0 aliphatic carbocycles. The second kappa shape index (κ2) is 6.13. The summed E-state index contributed by atoms with van der Waals surface area (Å²) in [6.45, 7) is 10.0. The lowest BCUT2D eigenvalue weighted by Crippen LogP contribution is -2.19. The lowest BCUT2D eigenvalue weighted by Gasteiger charge is -2.25. The number of rotatable bonds is 6. The summed E-state index contributed by atoms with van der Waals surface area (Å²) >= 11 is 5.51. The number of nitrogens with one attached hydrogen (secondary N) is 1. The van der Waals surface area contributed by atoms with E-state index in [9.17, 15) is 0 Å². The molecule has 0 aliphatic rings. The molecular weight excluding hydrogens is 264 g/mol. The van der Waals surface area contributed by atoms with E-state index in [2.05, 4.69) is 55.4 Å². The second-order valence-corrected chi connectivity index (χ2v) is 7.04. The molecule has 0 aliphatic heterocycles. The van der Waals surface area contributed by atoms with E-state index >= 15 is 0 Å². The van der Waals surface area contributed by atoms with Gasteiger partial charge < -0.3 is 9.55 Å². The summed E-state index contributed by atoms with van der Waals surface area (Å²) in [7, 11) is 0. The van der Waals surface area contributed by atoms with Crippen molar-refractivity contribution in [2.75, 3.05) is 0 Å². The van der Waals surface area contributed by atoms with E-state index in [1.807, 2.05) is 0 Å². The van der Waals surface area contributed by atoms with Crippen LogP contribution in [0, 0.1) is 17.1 Å². The molecule has 1 N–H and O–H groups in total. The SMILES string of the molecule is CCCCCC(C)(C)Cn1c(=S)[nH]c2cc(C)ccc21. The molecule has 0 bridgehead atoms. The van der Waals surface area contributed by atoms with Crippen molar-refractivity contribution in [2.24, 2.45) is 5.41 Å². The summed E-state index contributed by atoms with van der Waals surface area (Å²) in [5.74, 6) is 0. The molecule has 2 rings (SSSR count). The molecular formula is C17H26N2S. The number of aryl methyl sites for hydroxylation is 1. The number of aromatic amines is 1. The van der Waals surface area contributed by atoms with Crippen LogP contribution in [0.25, 0.3) is 11.0 Å². The number of H-pyrrole nitrogens is 1. The quantitative estimate of drug-likeness (QED) is 0.541. The summed E-state index contributed by atoms with van der Waals surface area (Å²) < 4.78 is 3.10. The van der Waals surface area contributed by atoms with E-state index in [0.717, 1.165) is 16.8 Å². The third kappa shape index (κ3) is 3.51. The van der Waals surface area contributed by atoms with Crippen molar-refractivity contribution in [2.45, 2.75) is 59.9 Å². The predicted octanol–water partition coefficient (Wildman–Crippen LogP) is 5.61. The first-order chi connectivity index (χ1) is 9.43. The minimum Gasteiger partial charge on any atom is -0.331 e. The summed E-state index contributed by atoms with van der Waals surface area (Å²) in [4.78, 5) is 3.34. The fourth-order valence-corrected chi connectivity index (χ4v) is 3.07. The number of unbranched alkanes of at least 4 members (excludes halogenated alkanes) is 2. The Morgan fingerprint density at radius 3 is 2.70 bits per heavy atom. The van der Waals surface area contributed by atoms with Gasteiger partial charge in [0.15, 0.2) is 4.77 Å². The van der Waals surface area contributed by atoms with Crippen LogP contribution < -0.4 is 0 Å². The van der Waals surface area contributed by atoms with E-state index in [-0.39, 0.29) is 5.41 Å². The highest BCUT2D eigenvalue weighted by molar-refractivity contribution is 7.71. The van der Waals surface area contributed by atoms with Crippen LogP contribution in [0.4, 0.5) is 0 Å². The number of benzene rings is 1. The van der Waals surface area contributed by atoms with Gasteiger partial charge in [-0.15, -0.1) is 0 Å². The Labute approximate surface area is 127 Å². The lowest BCUT2D eigenvalue weighted by atomic mass is 9.87. The third-order valence-corrected chi connectivity index (χ3v) is 4.30. The molecule has 0 atom stereocenters. The average Bonchev–Trinajstić information content (AvgIpc) is 2.65. The van der Waals surface area contributed by atoms with Gasteiger partial charge in [-0.25, -0.2) is 0 Å². The lowest BCUT2D eigenvalue weighted by molar-refractivity contribution is 0.273. The van der Waals surface area contributed by atoms with Crippen molar-refractivity contribution in [1.29, 1.82) is 0 Å². The first-order valence-corrected chi connectivity index (χ1v) is 8.03. The van der Waals surface area contributed by atoms with Crippen molar-refractivity contribution in [3.8, 4) is 0 Å². The molecule has 20 heavy (non-hydrogen) atoms. The van der Waals surface area contributed by atoms with Gasteiger partial charge in [0, 0.05) is 6.54 Å². The first kappa shape index (κ1) is 15.3. The number of hydrogen-bond donors (Lipinski definition) is 1. The van der Waals surface area contributed by atoms with Crippen LogP contribution in [0.1, 0.15) is 52.0 Å². The molecule has 110 valence electrons. The highest BCUT2D eigenvalue weighted by Gasteiger charge is 2.19. The Hall–Kier alpha value is -1.09. The van der Waals surface area contributed by atoms with E-state index in [4.69, 9.17) is 12.2 Å². The summed E-state index contributed by atoms with van der Waals surface area (Å²) in [5, 5.41) is 0. The van der Waals surface area contributed by atoms with Gasteiger partial charge in [-0.3, -0.25) is 0 Å². The van der Waals surface area contributed by atoms with E-state index < -0.39 is 0 Å². The van der Waals surface area contributed by atoms with Gasteiger partial charge in [0.25, 0.3) is 0 Å². The molecule has 0 radical (unpaired) electrons. The average molecular weight is 290 g/mol. The standard InChI is InChI=1S/C17H26N2S/c1-5-6-7-10-17(3,4)12-19-15-9-8-13(2)11-14(15)18-16(19)20/h8-9,11H,5-7,10,12H2,1-4H3,(H,18,20). The Balaban J connectivity index is 2.24. The molecule has 0 saturated carbocycles. The number of aromatic nitrogens is 2. The predicted molar refractivity (Wildman–Crippen MR) is 89.8 cm³/mol. The molecule has 1 aromatic heterocycles. The molecule has 0 amide bonds. The Bertz CT molecular complexity index is 634. The van der Waals surface area contributed by atoms with Gasteiger partial charge in [-0.05, 0) is 48.7 Å². The second-order valence-electron chi connectivity index (χ2n) is 6.66. The zero-order valence-corrected chi connectivity index (χ0v) is 13.9. The van der Waals surface area contributed by atoms with Gasteiger partial charge in [-0.2, -0.15) is 0 Å². The highest BCUT2D eigenvalue weighted by Crippen LogP contribution is 2.28. The van der Waals surface area contributed by atoms with Crippen molar-refractivity contribution in [1.82, 2.24) is 9.55 Å².